The van der Waals surface area contributed by atoms with Crippen LogP contribution in [-0.4, -0.2) is 18.4 Å². The van der Waals surface area contributed by atoms with Crippen LogP contribution in [0, 0.1) is 6.92 Å². The molecule has 0 spiro atoms. The Kier molecular flexibility index (Phi) is 8.82. The number of nitrogens with one attached hydrogen (secondary N) is 2. The van der Waals surface area contributed by atoms with Crippen molar-refractivity contribution in [2.75, 3.05) is 11.9 Å². The molecule has 0 heterocycles. The quantitative estimate of drug-likeness (QED) is 0.534. The molecular weight excluding hydrogens is 344 g/mol. The number of aryl methyl sites for hydroxylation is 1. The number of rotatable bonds is 8. The molecule has 0 bridgehead atoms. The number of hydrogen-bond donors (Lipinski definition) is 2. The molecule has 1 rings (SSSR count). The Morgan fingerprint density at radius 2 is 1.73 bits per heavy atom. The second kappa shape index (κ2) is 10.4. The van der Waals surface area contributed by atoms with Crippen molar-refractivity contribution in [3.05, 3.63) is 28.2 Å². The minimum Gasteiger partial charge on any atom is -0.348 e. The van der Waals surface area contributed by atoms with Crippen LogP contribution in [0.4, 0.5) is 5.69 Å². The molecule has 2 N–H and O–H groups in total. The molecule has 122 valence electrons. The van der Waals surface area contributed by atoms with Gasteiger partial charge in [0.25, 0.3) is 0 Å². The highest BCUT2D eigenvalue weighted by Crippen LogP contribution is 2.19. The Morgan fingerprint density at radius 3 is 2.41 bits per heavy atom. The Bertz CT molecular complexity index is 503. The van der Waals surface area contributed by atoms with Crippen LogP contribution in [0.3, 0.4) is 0 Å². The molecular formula is C17H25BrN2O2. The zero-order valence-electron chi connectivity index (χ0n) is 13.4. The highest BCUT2D eigenvalue weighted by molar-refractivity contribution is 9.10. The van der Waals surface area contributed by atoms with E-state index >= 15 is 0 Å². The number of amides is 2. The van der Waals surface area contributed by atoms with Crippen molar-refractivity contribution in [3.8, 4) is 0 Å². The summed E-state index contributed by atoms with van der Waals surface area (Å²) in [5.41, 5.74) is 1.63. The van der Waals surface area contributed by atoms with Gasteiger partial charge in [-0.2, -0.15) is 0 Å². The maximum atomic E-state index is 11.8. The van der Waals surface area contributed by atoms with Crippen molar-refractivity contribution >= 4 is 33.4 Å². The molecule has 1 aromatic carbocycles. The van der Waals surface area contributed by atoms with Gasteiger partial charge in [-0.15, -0.1) is 0 Å². The molecule has 0 aliphatic carbocycles. The van der Waals surface area contributed by atoms with Gasteiger partial charge in [0.15, 0.2) is 0 Å². The zero-order valence-corrected chi connectivity index (χ0v) is 15.0. The zero-order chi connectivity index (χ0) is 16.4. The number of unbranched alkanes of at least 4 members (excludes halogenated alkanes) is 5. The summed E-state index contributed by atoms with van der Waals surface area (Å²) in [6.45, 7) is 4.67. The average Bonchev–Trinajstić information content (AvgIpc) is 2.49. The highest BCUT2D eigenvalue weighted by atomic mass is 79.9. The van der Waals surface area contributed by atoms with Crippen LogP contribution in [0.15, 0.2) is 22.7 Å². The molecule has 0 aliphatic heterocycles. The van der Waals surface area contributed by atoms with Crippen molar-refractivity contribution in [1.82, 2.24) is 5.32 Å². The Balaban J connectivity index is 2.24. The number of carbonyl (C=O) groups is 2. The number of halogens is 1. The normalized spacial score (nSPS) is 10.3. The van der Waals surface area contributed by atoms with Gasteiger partial charge in [0.05, 0.1) is 0 Å². The lowest BCUT2D eigenvalue weighted by molar-refractivity contribution is -0.136. The first-order valence-electron chi connectivity index (χ1n) is 7.90. The third-order valence-electron chi connectivity index (χ3n) is 3.44. The minimum absolute atomic E-state index is 0.553. The van der Waals surface area contributed by atoms with Crippen molar-refractivity contribution in [1.29, 1.82) is 0 Å². The van der Waals surface area contributed by atoms with E-state index in [-0.39, 0.29) is 0 Å². The molecule has 0 saturated carbocycles. The van der Waals surface area contributed by atoms with Gasteiger partial charge in [-0.25, -0.2) is 0 Å². The fraction of sp³-hybridized carbons (Fsp3) is 0.529. The van der Waals surface area contributed by atoms with Crippen molar-refractivity contribution in [2.24, 2.45) is 0 Å². The fourth-order valence-corrected chi connectivity index (χ4v) is 2.34. The van der Waals surface area contributed by atoms with Gasteiger partial charge < -0.3 is 10.6 Å². The predicted octanol–water partition coefficient (Wildman–Crippen LogP) is 4.17. The van der Waals surface area contributed by atoms with E-state index < -0.39 is 11.8 Å². The van der Waals surface area contributed by atoms with E-state index in [2.05, 4.69) is 33.5 Å². The first-order chi connectivity index (χ1) is 10.5. The van der Waals surface area contributed by atoms with Crippen LogP contribution in [0.5, 0.6) is 0 Å². The van der Waals surface area contributed by atoms with Gasteiger partial charge >= 0.3 is 11.8 Å². The van der Waals surface area contributed by atoms with Crippen LogP contribution in [-0.2, 0) is 9.59 Å². The second-order valence-electron chi connectivity index (χ2n) is 5.44. The summed E-state index contributed by atoms with van der Waals surface area (Å²) in [4.78, 5) is 23.5. The lowest BCUT2D eigenvalue weighted by Gasteiger charge is -2.08. The first-order valence-corrected chi connectivity index (χ1v) is 8.69. The molecule has 0 aliphatic rings. The van der Waals surface area contributed by atoms with E-state index in [1.54, 1.807) is 6.07 Å². The monoisotopic (exact) mass is 368 g/mol. The standard InChI is InChI=1S/C17H25BrN2O2/c1-3-4-5-6-7-8-11-19-16(21)17(22)20-14-9-10-15(18)13(2)12-14/h9-10,12H,3-8,11H2,1-2H3,(H,19,21)(H,20,22). The molecule has 1 aromatic rings. The number of benzene rings is 1. The summed E-state index contributed by atoms with van der Waals surface area (Å²) in [6.07, 6.45) is 6.93. The summed E-state index contributed by atoms with van der Waals surface area (Å²) in [6, 6.07) is 5.43. The molecule has 0 radical (unpaired) electrons. The molecule has 22 heavy (non-hydrogen) atoms. The van der Waals surface area contributed by atoms with E-state index in [9.17, 15) is 9.59 Å². The molecule has 4 nitrogen and oxygen atoms in total. The van der Waals surface area contributed by atoms with Gasteiger partial charge in [0.1, 0.15) is 0 Å². The van der Waals surface area contributed by atoms with Crippen molar-refractivity contribution < 1.29 is 9.59 Å². The molecule has 0 saturated heterocycles. The summed E-state index contributed by atoms with van der Waals surface area (Å²) in [5, 5.41) is 5.27. The molecule has 0 unspecified atom stereocenters. The summed E-state index contributed by atoms with van der Waals surface area (Å²) < 4.78 is 0.970. The fourth-order valence-electron chi connectivity index (χ4n) is 2.10. The van der Waals surface area contributed by atoms with E-state index in [4.69, 9.17) is 0 Å². The molecule has 0 fully saturated rings. The molecule has 0 atom stereocenters. The third-order valence-corrected chi connectivity index (χ3v) is 4.33. The predicted molar refractivity (Wildman–Crippen MR) is 93.9 cm³/mol. The van der Waals surface area contributed by atoms with E-state index in [1.807, 2.05) is 19.1 Å². The lowest BCUT2D eigenvalue weighted by Crippen LogP contribution is -2.35. The minimum atomic E-state index is -0.618. The number of hydrogen-bond acceptors (Lipinski definition) is 2. The van der Waals surface area contributed by atoms with Crippen LogP contribution >= 0.6 is 15.9 Å². The topological polar surface area (TPSA) is 58.2 Å². The summed E-state index contributed by atoms with van der Waals surface area (Å²) in [7, 11) is 0. The van der Waals surface area contributed by atoms with Gasteiger partial charge in [0.2, 0.25) is 0 Å². The highest BCUT2D eigenvalue weighted by Gasteiger charge is 2.13. The number of carbonyl (C=O) groups excluding carboxylic acids is 2. The van der Waals surface area contributed by atoms with E-state index in [0.29, 0.717) is 12.2 Å². The van der Waals surface area contributed by atoms with Gasteiger partial charge in [0, 0.05) is 16.7 Å². The SMILES string of the molecule is CCCCCCCCNC(=O)C(=O)Nc1ccc(Br)c(C)c1. The van der Waals surface area contributed by atoms with Crippen LogP contribution in [0.2, 0.25) is 0 Å². The van der Waals surface area contributed by atoms with E-state index in [1.165, 1.54) is 25.7 Å². The van der Waals surface area contributed by atoms with Crippen LogP contribution in [0.25, 0.3) is 0 Å². The first kappa shape index (κ1) is 18.7. The smallest absolute Gasteiger partial charge is 0.313 e. The average molecular weight is 369 g/mol. The lowest BCUT2D eigenvalue weighted by atomic mass is 10.1. The summed E-state index contributed by atoms with van der Waals surface area (Å²) >= 11 is 3.40. The van der Waals surface area contributed by atoms with Gasteiger partial charge in [-0.1, -0.05) is 55.0 Å². The second-order valence-corrected chi connectivity index (χ2v) is 6.30. The van der Waals surface area contributed by atoms with Crippen molar-refractivity contribution in [2.45, 2.75) is 52.4 Å². The number of anilines is 1. The Hall–Kier alpha value is -1.36. The maximum absolute atomic E-state index is 11.8. The van der Waals surface area contributed by atoms with Gasteiger partial charge in [-0.05, 0) is 37.1 Å². The summed E-state index contributed by atoms with van der Waals surface area (Å²) in [5.74, 6) is -1.19. The van der Waals surface area contributed by atoms with Crippen molar-refractivity contribution in [3.63, 3.8) is 0 Å². The van der Waals surface area contributed by atoms with Gasteiger partial charge in [-0.3, -0.25) is 9.59 Å². The van der Waals surface area contributed by atoms with Crippen LogP contribution in [0.1, 0.15) is 51.0 Å². The molecule has 2 amide bonds. The Labute approximate surface area is 141 Å². The molecule has 5 heteroatoms. The Morgan fingerprint density at radius 1 is 1.05 bits per heavy atom. The third kappa shape index (κ3) is 7.07. The van der Waals surface area contributed by atoms with Crippen LogP contribution < -0.4 is 10.6 Å². The molecule has 0 aromatic heterocycles. The largest absolute Gasteiger partial charge is 0.348 e. The van der Waals surface area contributed by atoms with E-state index in [0.717, 1.165) is 22.9 Å². The maximum Gasteiger partial charge on any atom is 0.313 e.